The predicted molar refractivity (Wildman–Crippen MR) is 101 cm³/mol. The number of amides is 1. The number of benzene rings is 2. The van der Waals surface area contributed by atoms with Crippen LogP contribution in [-0.4, -0.2) is 26.8 Å². The van der Waals surface area contributed by atoms with E-state index < -0.39 is 28.9 Å². The van der Waals surface area contributed by atoms with E-state index in [4.69, 9.17) is 11.6 Å². The quantitative estimate of drug-likeness (QED) is 0.455. The van der Waals surface area contributed by atoms with E-state index in [-0.39, 0.29) is 21.8 Å². The minimum Gasteiger partial charge on any atom is -0.493 e. The lowest BCUT2D eigenvalue weighted by molar-refractivity contribution is 0.0955. The number of carbonyl (C=O) groups excluding carboxylic acids is 1. The maximum atomic E-state index is 12.9. The Morgan fingerprint density at radius 3 is 2.54 bits per heavy atom. The number of H-pyrrole nitrogens is 1. The Labute approximate surface area is 161 Å². The Kier molecular flexibility index (Phi) is 5.37. The first-order valence-corrected chi connectivity index (χ1v) is 8.18. The first-order chi connectivity index (χ1) is 13.4. The Hall–Kier alpha value is -3.72. The summed E-state index contributed by atoms with van der Waals surface area (Å²) in [5.41, 5.74) is 0.233. The molecule has 0 atom stereocenters. The molecule has 0 bridgehead atoms. The molecule has 2 aromatic carbocycles. The number of nitrogens with zero attached hydrogens (tertiary/aromatic N) is 2. The average molecular weight is 403 g/mol. The van der Waals surface area contributed by atoms with Gasteiger partial charge in [0.25, 0.3) is 11.5 Å². The number of para-hydroxylation sites is 1. The molecule has 1 aromatic heterocycles. The van der Waals surface area contributed by atoms with Crippen molar-refractivity contribution in [2.45, 2.75) is 0 Å². The first kappa shape index (κ1) is 19.1. The fraction of sp³-hybridized carbons (Fsp3) is 0. The van der Waals surface area contributed by atoms with Gasteiger partial charge in [0.2, 0.25) is 5.88 Å². The normalized spacial score (nSPS) is 10.9. The van der Waals surface area contributed by atoms with Crippen LogP contribution >= 0.6 is 11.6 Å². The fourth-order valence-corrected chi connectivity index (χ4v) is 2.55. The van der Waals surface area contributed by atoms with Crippen LogP contribution in [0.3, 0.4) is 0 Å². The summed E-state index contributed by atoms with van der Waals surface area (Å²) >= 11 is 6.04. The van der Waals surface area contributed by atoms with Gasteiger partial charge in [0.15, 0.2) is 0 Å². The van der Waals surface area contributed by atoms with Gasteiger partial charge in [0, 0.05) is 5.56 Å². The molecule has 0 aliphatic rings. The third-order valence-corrected chi connectivity index (χ3v) is 4.00. The predicted octanol–water partition coefficient (Wildman–Crippen LogP) is 1.79. The van der Waals surface area contributed by atoms with E-state index in [0.29, 0.717) is 0 Å². The van der Waals surface area contributed by atoms with Crippen molar-refractivity contribution in [1.29, 1.82) is 0 Å². The Bertz CT molecular complexity index is 1190. The third kappa shape index (κ3) is 3.84. The van der Waals surface area contributed by atoms with E-state index >= 15 is 0 Å². The summed E-state index contributed by atoms with van der Waals surface area (Å²) < 4.78 is 13.7. The zero-order valence-corrected chi connectivity index (χ0v) is 14.8. The summed E-state index contributed by atoms with van der Waals surface area (Å²) in [6.45, 7) is 0. The highest BCUT2D eigenvalue weighted by Crippen LogP contribution is 2.22. The largest absolute Gasteiger partial charge is 0.493 e. The lowest BCUT2D eigenvalue weighted by Crippen LogP contribution is -2.31. The second-order valence-electron chi connectivity index (χ2n) is 5.49. The topological polar surface area (TPSA) is 117 Å². The molecule has 142 valence electrons. The summed E-state index contributed by atoms with van der Waals surface area (Å²) in [5.74, 6) is -1.87. The Morgan fingerprint density at radius 2 is 1.86 bits per heavy atom. The van der Waals surface area contributed by atoms with E-state index in [1.165, 1.54) is 24.3 Å². The summed E-state index contributed by atoms with van der Waals surface area (Å²) in [4.78, 5) is 38.1. The number of halogens is 2. The highest BCUT2D eigenvalue weighted by Gasteiger charge is 2.16. The van der Waals surface area contributed by atoms with Gasteiger partial charge in [-0.25, -0.2) is 19.2 Å². The minimum absolute atomic E-state index is 0.137. The number of aromatic hydroxyl groups is 1. The van der Waals surface area contributed by atoms with Gasteiger partial charge < -0.3 is 5.11 Å². The van der Waals surface area contributed by atoms with Gasteiger partial charge in [0.1, 0.15) is 11.4 Å². The molecule has 3 rings (SSSR count). The Balaban J connectivity index is 1.93. The number of rotatable bonds is 4. The summed E-state index contributed by atoms with van der Waals surface area (Å²) in [7, 11) is 0. The molecule has 0 aliphatic carbocycles. The number of nitrogens with one attached hydrogen (secondary N) is 2. The lowest BCUT2D eigenvalue weighted by Gasteiger charge is -2.10. The van der Waals surface area contributed by atoms with E-state index in [0.717, 1.165) is 22.9 Å². The van der Waals surface area contributed by atoms with Crippen LogP contribution in [0.25, 0.3) is 5.69 Å². The highest BCUT2D eigenvalue weighted by atomic mass is 35.5. The van der Waals surface area contributed by atoms with Gasteiger partial charge in [-0.3, -0.25) is 14.6 Å². The molecule has 10 heteroatoms. The number of hydrogen-bond donors (Lipinski definition) is 3. The van der Waals surface area contributed by atoms with E-state index in [9.17, 15) is 23.9 Å². The van der Waals surface area contributed by atoms with Gasteiger partial charge >= 0.3 is 5.69 Å². The molecule has 0 radical (unpaired) electrons. The molecule has 0 saturated heterocycles. The standard InChI is InChI=1S/C18H12ClFN4O4/c19-13-3-1-2-4-14(13)24-17(27)12(16(26)22-18(24)28)9-21-23-15(25)10-5-7-11(20)8-6-10/h1-9,27H,(H,23,25)(H,22,26,28). The molecular formula is C18H12ClFN4O4. The summed E-state index contributed by atoms with van der Waals surface area (Å²) in [5, 5.41) is 14.1. The molecule has 8 nitrogen and oxygen atoms in total. The van der Waals surface area contributed by atoms with Crippen LogP contribution in [0.5, 0.6) is 5.88 Å². The van der Waals surface area contributed by atoms with E-state index in [1.807, 2.05) is 4.98 Å². The molecule has 0 fully saturated rings. The van der Waals surface area contributed by atoms with Crippen molar-refractivity contribution in [2.24, 2.45) is 5.10 Å². The van der Waals surface area contributed by atoms with Crippen molar-refractivity contribution < 1.29 is 14.3 Å². The van der Waals surface area contributed by atoms with Gasteiger partial charge in [-0.05, 0) is 36.4 Å². The average Bonchev–Trinajstić information content (AvgIpc) is 2.66. The molecular weight excluding hydrogens is 391 g/mol. The van der Waals surface area contributed by atoms with Crippen LogP contribution in [-0.2, 0) is 0 Å². The van der Waals surface area contributed by atoms with E-state index in [1.54, 1.807) is 12.1 Å². The monoisotopic (exact) mass is 402 g/mol. The van der Waals surface area contributed by atoms with Gasteiger partial charge in [-0.15, -0.1) is 0 Å². The first-order valence-electron chi connectivity index (χ1n) is 7.80. The molecule has 1 amide bonds. The van der Waals surface area contributed by atoms with Crippen molar-refractivity contribution >= 4 is 23.7 Å². The molecule has 0 spiro atoms. The zero-order chi connectivity index (χ0) is 20.3. The van der Waals surface area contributed by atoms with Crippen molar-refractivity contribution in [1.82, 2.24) is 15.0 Å². The molecule has 3 N–H and O–H groups in total. The van der Waals surface area contributed by atoms with Crippen LogP contribution in [0.4, 0.5) is 4.39 Å². The zero-order valence-electron chi connectivity index (χ0n) is 14.0. The number of aromatic nitrogens is 2. The second-order valence-corrected chi connectivity index (χ2v) is 5.90. The summed E-state index contributed by atoms with van der Waals surface area (Å²) in [6, 6.07) is 10.9. The maximum Gasteiger partial charge on any atom is 0.335 e. The fourth-order valence-electron chi connectivity index (χ4n) is 2.33. The second kappa shape index (κ2) is 7.89. The maximum absolute atomic E-state index is 12.9. The van der Waals surface area contributed by atoms with Crippen LogP contribution in [0.1, 0.15) is 15.9 Å². The number of carbonyl (C=O) groups is 1. The molecule has 0 unspecified atom stereocenters. The molecule has 28 heavy (non-hydrogen) atoms. The highest BCUT2D eigenvalue weighted by molar-refractivity contribution is 6.32. The third-order valence-electron chi connectivity index (χ3n) is 3.68. The van der Waals surface area contributed by atoms with Crippen LogP contribution in [0, 0.1) is 5.82 Å². The van der Waals surface area contributed by atoms with Gasteiger partial charge in [-0.2, -0.15) is 5.10 Å². The van der Waals surface area contributed by atoms with Crippen molar-refractivity contribution in [3.8, 4) is 11.6 Å². The lowest BCUT2D eigenvalue weighted by atomic mass is 10.2. The van der Waals surface area contributed by atoms with Gasteiger partial charge in [-0.1, -0.05) is 23.7 Å². The SMILES string of the molecule is O=C(NN=Cc1c(O)n(-c2ccccc2Cl)c(=O)[nH]c1=O)c1ccc(F)cc1. The van der Waals surface area contributed by atoms with Crippen molar-refractivity contribution in [2.75, 3.05) is 0 Å². The molecule has 0 aliphatic heterocycles. The van der Waals surface area contributed by atoms with Crippen molar-refractivity contribution in [3.63, 3.8) is 0 Å². The van der Waals surface area contributed by atoms with Crippen molar-refractivity contribution in [3.05, 3.63) is 91.3 Å². The number of hydrazone groups is 1. The van der Waals surface area contributed by atoms with E-state index in [2.05, 4.69) is 10.5 Å². The van der Waals surface area contributed by atoms with Crippen LogP contribution < -0.4 is 16.7 Å². The smallest absolute Gasteiger partial charge is 0.335 e. The van der Waals surface area contributed by atoms with Gasteiger partial charge in [0.05, 0.1) is 16.9 Å². The molecule has 1 heterocycles. The minimum atomic E-state index is -0.911. The van der Waals surface area contributed by atoms with Crippen LogP contribution in [0.15, 0.2) is 63.2 Å². The molecule has 0 saturated carbocycles. The molecule has 3 aromatic rings. The number of hydrogen-bond acceptors (Lipinski definition) is 5. The summed E-state index contributed by atoms with van der Waals surface area (Å²) in [6.07, 6.45) is 0.877. The number of aromatic amines is 1. The van der Waals surface area contributed by atoms with Crippen LogP contribution in [0.2, 0.25) is 5.02 Å². The Morgan fingerprint density at radius 1 is 1.18 bits per heavy atom.